The summed E-state index contributed by atoms with van der Waals surface area (Å²) in [6.45, 7) is 5.00. The van der Waals surface area contributed by atoms with Crippen molar-refractivity contribution < 1.29 is 14.3 Å². The molecule has 1 fully saturated rings. The summed E-state index contributed by atoms with van der Waals surface area (Å²) in [4.78, 5) is 18.8. The number of hydrogen-bond donors (Lipinski definition) is 0. The van der Waals surface area contributed by atoms with Crippen molar-refractivity contribution >= 4 is 17.2 Å². The minimum absolute atomic E-state index is 0.0327. The lowest BCUT2D eigenvalue weighted by Gasteiger charge is -2.34. The normalized spacial score (nSPS) is 14.5. The summed E-state index contributed by atoms with van der Waals surface area (Å²) >= 11 is 1.78. The van der Waals surface area contributed by atoms with Gasteiger partial charge in [-0.2, -0.15) is 0 Å². The van der Waals surface area contributed by atoms with Crippen molar-refractivity contribution in [2.24, 2.45) is 0 Å². The van der Waals surface area contributed by atoms with Crippen molar-refractivity contribution in [1.29, 1.82) is 0 Å². The van der Waals surface area contributed by atoms with Crippen LogP contribution in [-0.2, 0) is 6.54 Å². The largest absolute Gasteiger partial charge is 0.490 e. The van der Waals surface area contributed by atoms with Gasteiger partial charge in [0.05, 0.1) is 5.56 Å². The molecule has 1 saturated heterocycles. The average Bonchev–Trinajstić information content (AvgIpc) is 3.31. The van der Waals surface area contributed by atoms with E-state index < -0.39 is 0 Å². The van der Waals surface area contributed by atoms with E-state index in [1.54, 1.807) is 11.3 Å². The van der Waals surface area contributed by atoms with E-state index in [-0.39, 0.29) is 5.91 Å². The zero-order valence-corrected chi connectivity index (χ0v) is 17.7. The molecule has 0 atom stereocenters. The lowest BCUT2D eigenvalue weighted by Crippen LogP contribution is -2.48. The van der Waals surface area contributed by atoms with Crippen LogP contribution in [0.1, 0.15) is 15.2 Å². The van der Waals surface area contributed by atoms with Crippen molar-refractivity contribution in [2.75, 3.05) is 39.4 Å². The molecule has 0 aliphatic carbocycles. The molecule has 0 saturated carbocycles. The van der Waals surface area contributed by atoms with Crippen LogP contribution >= 0.6 is 11.3 Å². The number of carbonyl (C=O) groups is 1. The molecule has 0 radical (unpaired) electrons. The molecular formula is C24H26N2O3S. The van der Waals surface area contributed by atoms with E-state index in [4.69, 9.17) is 9.47 Å². The Kier molecular flexibility index (Phi) is 7.00. The molecule has 1 aliphatic rings. The van der Waals surface area contributed by atoms with Gasteiger partial charge < -0.3 is 14.4 Å². The van der Waals surface area contributed by atoms with Crippen LogP contribution in [0, 0.1) is 0 Å². The van der Waals surface area contributed by atoms with E-state index in [9.17, 15) is 4.79 Å². The van der Waals surface area contributed by atoms with Gasteiger partial charge in [0.25, 0.3) is 5.91 Å². The predicted octanol–water partition coefficient (Wildman–Crippen LogP) is 4.16. The van der Waals surface area contributed by atoms with Crippen LogP contribution in [0.4, 0.5) is 0 Å². The van der Waals surface area contributed by atoms with Crippen LogP contribution < -0.4 is 9.47 Å². The number of ether oxygens (including phenoxy) is 2. The van der Waals surface area contributed by atoms with Crippen LogP contribution in [0.25, 0.3) is 0 Å². The molecular weight excluding hydrogens is 396 g/mol. The zero-order chi connectivity index (χ0) is 20.6. The van der Waals surface area contributed by atoms with Crippen molar-refractivity contribution in [3.05, 3.63) is 82.6 Å². The van der Waals surface area contributed by atoms with Gasteiger partial charge in [0.15, 0.2) is 0 Å². The monoisotopic (exact) mass is 422 g/mol. The minimum Gasteiger partial charge on any atom is -0.490 e. The van der Waals surface area contributed by atoms with E-state index in [0.29, 0.717) is 24.5 Å². The van der Waals surface area contributed by atoms with E-state index in [2.05, 4.69) is 22.4 Å². The third kappa shape index (κ3) is 5.40. The Hall–Kier alpha value is -2.83. The van der Waals surface area contributed by atoms with Gasteiger partial charge in [-0.1, -0.05) is 36.4 Å². The van der Waals surface area contributed by atoms with Crippen molar-refractivity contribution in [3.63, 3.8) is 0 Å². The van der Waals surface area contributed by atoms with Crippen molar-refractivity contribution in [2.45, 2.75) is 6.54 Å². The lowest BCUT2D eigenvalue weighted by atomic mass is 10.1. The Morgan fingerprint density at radius 1 is 0.833 bits per heavy atom. The first-order valence-corrected chi connectivity index (χ1v) is 11.1. The van der Waals surface area contributed by atoms with Crippen LogP contribution in [0.5, 0.6) is 11.5 Å². The molecule has 1 aliphatic heterocycles. The van der Waals surface area contributed by atoms with Gasteiger partial charge in [-0.05, 0) is 35.7 Å². The molecule has 2 aromatic carbocycles. The van der Waals surface area contributed by atoms with E-state index in [0.717, 1.165) is 38.5 Å². The molecule has 30 heavy (non-hydrogen) atoms. The van der Waals surface area contributed by atoms with Gasteiger partial charge in [0.1, 0.15) is 24.7 Å². The van der Waals surface area contributed by atoms with Gasteiger partial charge in [0, 0.05) is 37.6 Å². The molecule has 1 aromatic heterocycles. The molecule has 2 heterocycles. The van der Waals surface area contributed by atoms with Crippen LogP contribution in [0.2, 0.25) is 0 Å². The second kappa shape index (κ2) is 10.3. The number of rotatable bonds is 8. The summed E-state index contributed by atoms with van der Waals surface area (Å²) in [7, 11) is 0. The standard InChI is InChI=1S/C24H26N2O3S/c27-24(26-14-12-25(13-15-26)19-21-9-6-18-30-21)22-10-4-5-11-23(22)29-17-16-28-20-7-2-1-3-8-20/h1-11,18H,12-17,19H2. The number of benzene rings is 2. The molecule has 3 aromatic rings. The summed E-state index contributed by atoms with van der Waals surface area (Å²) in [6.07, 6.45) is 0. The van der Waals surface area contributed by atoms with Crippen molar-refractivity contribution in [1.82, 2.24) is 9.80 Å². The molecule has 0 unspecified atom stereocenters. The number of piperazine rings is 1. The van der Waals surface area contributed by atoms with Gasteiger partial charge in [-0.3, -0.25) is 9.69 Å². The molecule has 6 heteroatoms. The molecule has 0 bridgehead atoms. The first-order chi connectivity index (χ1) is 14.8. The number of hydrogen-bond acceptors (Lipinski definition) is 5. The zero-order valence-electron chi connectivity index (χ0n) is 16.9. The highest BCUT2D eigenvalue weighted by Crippen LogP contribution is 2.21. The molecule has 1 amide bonds. The van der Waals surface area contributed by atoms with Gasteiger partial charge in [0.2, 0.25) is 0 Å². The number of carbonyl (C=O) groups excluding carboxylic acids is 1. The fourth-order valence-electron chi connectivity index (χ4n) is 3.50. The topological polar surface area (TPSA) is 42.0 Å². The van der Waals surface area contributed by atoms with Crippen LogP contribution in [-0.4, -0.2) is 55.1 Å². The van der Waals surface area contributed by atoms with E-state index >= 15 is 0 Å². The Morgan fingerprint density at radius 3 is 2.33 bits per heavy atom. The van der Waals surface area contributed by atoms with Crippen molar-refractivity contribution in [3.8, 4) is 11.5 Å². The number of amides is 1. The first kappa shape index (κ1) is 20.4. The molecule has 0 N–H and O–H groups in total. The second-order valence-electron chi connectivity index (χ2n) is 7.15. The molecule has 156 valence electrons. The SMILES string of the molecule is O=C(c1ccccc1OCCOc1ccccc1)N1CCN(Cc2cccs2)CC1. The Morgan fingerprint density at radius 2 is 1.57 bits per heavy atom. The number of nitrogens with zero attached hydrogens (tertiary/aromatic N) is 2. The fourth-order valence-corrected chi connectivity index (χ4v) is 4.25. The smallest absolute Gasteiger partial charge is 0.257 e. The average molecular weight is 423 g/mol. The molecule has 0 spiro atoms. The number of para-hydroxylation sites is 2. The van der Waals surface area contributed by atoms with Gasteiger partial charge >= 0.3 is 0 Å². The van der Waals surface area contributed by atoms with Gasteiger partial charge in [-0.25, -0.2) is 0 Å². The fraction of sp³-hybridized carbons (Fsp3) is 0.292. The van der Waals surface area contributed by atoms with E-state index in [1.807, 2.05) is 59.5 Å². The van der Waals surface area contributed by atoms with Crippen LogP contribution in [0.3, 0.4) is 0 Å². The predicted molar refractivity (Wildman–Crippen MR) is 119 cm³/mol. The highest BCUT2D eigenvalue weighted by molar-refractivity contribution is 7.09. The molecule has 4 rings (SSSR count). The summed E-state index contributed by atoms with van der Waals surface area (Å²) in [5, 5.41) is 2.11. The lowest BCUT2D eigenvalue weighted by molar-refractivity contribution is 0.0624. The summed E-state index contributed by atoms with van der Waals surface area (Å²) < 4.78 is 11.6. The number of thiophene rings is 1. The maximum absolute atomic E-state index is 13.1. The van der Waals surface area contributed by atoms with Gasteiger partial charge in [-0.15, -0.1) is 11.3 Å². The summed E-state index contributed by atoms with van der Waals surface area (Å²) in [5.74, 6) is 1.46. The highest BCUT2D eigenvalue weighted by atomic mass is 32.1. The Balaban J connectivity index is 1.29. The molecule has 5 nitrogen and oxygen atoms in total. The van der Waals surface area contributed by atoms with E-state index in [1.165, 1.54) is 4.88 Å². The maximum atomic E-state index is 13.1. The third-order valence-electron chi connectivity index (χ3n) is 5.09. The summed E-state index contributed by atoms with van der Waals surface area (Å²) in [5.41, 5.74) is 0.615. The maximum Gasteiger partial charge on any atom is 0.257 e. The third-order valence-corrected chi connectivity index (χ3v) is 5.95. The quantitative estimate of drug-likeness (QED) is 0.511. The Bertz CT molecular complexity index is 923. The second-order valence-corrected chi connectivity index (χ2v) is 8.19. The minimum atomic E-state index is 0.0327. The highest BCUT2D eigenvalue weighted by Gasteiger charge is 2.24. The summed E-state index contributed by atoms with van der Waals surface area (Å²) in [6, 6.07) is 21.4. The Labute approximate surface area is 181 Å². The first-order valence-electron chi connectivity index (χ1n) is 10.2. The van der Waals surface area contributed by atoms with Crippen LogP contribution in [0.15, 0.2) is 72.1 Å².